The quantitative estimate of drug-likeness (QED) is 0.526. The lowest BCUT2D eigenvalue weighted by molar-refractivity contribution is 0.306. The highest BCUT2D eigenvalue weighted by Gasteiger charge is 1.98. The van der Waals surface area contributed by atoms with Gasteiger partial charge in [0.2, 0.25) is 0 Å². The number of nitrogens with zero attached hydrogens (tertiary/aromatic N) is 1. The van der Waals surface area contributed by atoms with E-state index in [-0.39, 0.29) is 0 Å². The summed E-state index contributed by atoms with van der Waals surface area (Å²) in [4.78, 5) is 4.55. The Morgan fingerprint density at radius 1 is 0.958 bits per heavy atom. The number of hydrogen-bond acceptors (Lipinski definition) is 2. The Labute approximate surface area is 147 Å². The van der Waals surface area contributed by atoms with Gasteiger partial charge >= 0.3 is 0 Å². The third-order valence-electron chi connectivity index (χ3n) is 3.65. The van der Waals surface area contributed by atoms with Crippen LogP contribution in [0.2, 0.25) is 5.02 Å². The molecular weight excluding hydrogens is 318 g/mol. The van der Waals surface area contributed by atoms with Crippen molar-refractivity contribution in [3.8, 4) is 5.75 Å². The van der Waals surface area contributed by atoms with Gasteiger partial charge in [0.15, 0.2) is 0 Å². The first-order valence-corrected chi connectivity index (χ1v) is 8.15. The average Bonchev–Trinajstić information content (AvgIpc) is 2.61. The van der Waals surface area contributed by atoms with Crippen molar-refractivity contribution < 1.29 is 4.74 Å². The van der Waals surface area contributed by atoms with Gasteiger partial charge in [0.1, 0.15) is 12.4 Å². The fourth-order valence-corrected chi connectivity index (χ4v) is 2.41. The molecule has 0 saturated heterocycles. The minimum absolute atomic E-state index is 0.509. The lowest BCUT2D eigenvalue weighted by atomic mass is 10.2. The normalized spacial score (nSPS) is 10.9. The molecule has 24 heavy (non-hydrogen) atoms. The van der Waals surface area contributed by atoms with E-state index in [1.54, 1.807) is 0 Å². The van der Waals surface area contributed by atoms with Gasteiger partial charge in [-0.15, -0.1) is 0 Å². The average molecular weight is 336 g/mol. The summed E-state index contributed by atoms with van der Waals surface area (Å²) in [6.07, 6.45) is 1.86. The molecule has 0 atom stereocenters. The summed E-state index contributed by atoms with van der Waals surface area (Å²) >= 11 is 5.89. The van der Waals surface area contributed by atoms with E-state index in [9.17, 15) is 0 Å². The Kier molecular flexibility index (Phi) is 5.29. The fraction of sp³-hybridized carbons (Fsp3) is 0.0952. The molecule has 0 fully saturated rings. The molecule has 3 aromatic rings. The lowest BCUT2D eigenvalue weighted by Crippen LogP contribution is -1.95. The Morgan fingerprint density at radius 3 is 2.54 bits per heavy atom. The smallest absolute Gasteiger partial charge is 0.120 e. The summed E-state index contributed by atoms with van der Waals surface area (Å²) in [6, 6.07) is 23.6. The molecular formula is C21H18ClNO. The zero-order chi connectivity index (χ0) is 16.8. The predicted molar refractivity (Wildman–Crippen MR) is 101 cm³/mol. The zero-order valence-corrected chi connectivity index (χ0v) is 14.2. The number of para-hydroxylation sites is 1. The molecule has 0 heterocycles. The molecule has 0 spiro atoms. The van der Waals surface area contributed by atoms with Crippen LogP contribution in [0.4, 0.5) is 5.69 Å². The number of aryl methyl sites for hydroxylation is 1. The van der Waals surface area contributed by atoms with Crippen LogP contribution in [0.1, 0.15) is 16.7 Å². The van der Waals surface area contributed by atoms with E-state index in [2.05, 4.69) is 18.0 Å². The van der Waals surface area contributed by atoms with Crippen molar-refractivity contribution in [3.05, 3.63) is 94.5 Å². The van der Waals surface area contributed by atoms with Crippen LogP contribution in [0, 0.1) is 6.92 Å². The highest BCUT2D eigenvalue weighted by molar-refractivity contribution is 6.30. The van der Waals surface area contributed by atoms with Crippen LogP contribution in [0.15, 0.2) is 77.8 Å². The molecule has 0 aromatic heterocycles. The fourth-order valence-electron chi connectivity index (χ4n) is 2.28. The van der Waals surface area contributed by atoms with Crippen LogP contribution in [0.5, 0.6) is 5.75 Å². The highest BCUT2D eigenvalue weighted by Crippen LogP contribution is 2.19. The van der Waals surface area contributed by atoms with Gasteiger partial charge in [-0.3, -0.25) is 4.99 Å². The second-order valence-electron chi connectivity index (χ2n) is 5.53. The van der Waals surface area contributed by atoms with Crippen molar-refractivity contribution in [1.82, 2.24) is 0 Å². The Morgan fingerprint density at radius 2 is 1.75 bits per heavy atom. The van der Waals surface area contributed by atoms with Gasteiger partial charge in [0.05, 0.1) is 5.69 Å². The molecule has 0 radical (unpaired) electrons. The molecule has 0 aliphatic rings. The van der Waals surface area contributed by atoms with E-state index in [0.717, 1.165) is 33.1 Å². The summed E-state index contributed by atoms with van der Waals surface area (Å²) in [7, 11) is 0. The van der Waals surface area contributed by atoms with Crippen molar-refractivity contribution in [2.75, 3.05) is 0 Å². The summed E-state index contributed by atoms with van der Waals surface area (Å²) < 4.78 is 5.84. The van der Waals surface area contributed by atoms with Gasteiger partial charge < -0.3 is 4.74 Å². The van der Waals surface area contributed by atoms with Gasteiger partial charge in [0, 0.05) is 11.2 Å². The van der Waals surface area contributed by atoms with Gasteiger partial charge in [-0.25, -0.2) is 0 Å². The molecule has 0 aliphatic carbocycles. The molecule has 0 N–H and O–H groups in total. The molecule has 0 aliphatic heterocycles. The number of ether oxygens (including phenoxy) is 1. The highest BCUT2D eigenvalue weighted by atomic mass is 35.5. The van der Waals surface area contributed by atoms with Crippen molar-refractivity contribution >= 4 is 23.5 Å². The van der Waals surface area contributed by atoms with Crippen LogP contribution in [-0.2, 0) is 6.61 Å². The number of benzene rings is 3. The maximum absolute atomic E-state index is 5.89. The predicted octanol–water partition coefficient (Wildman–Crippen LogP) is 5.98. The second-order valence-corrected chi connectivity index (χ2v) is 5.97. The number of hydrogen-bond donors (Lipinski definition) is 0. The summed E-state index contributed by atoms with van der Waals surface area (Å²) in [5.74, 6) is 0.818. The first-order valence-electron chi connectivity index (χ1n) is 7.78. The van der Waals surface area contributed by atoms with Crippen molar-refractivity contribution in [1.29, 1.82) is 0 Å². The van der Waals surface area contributed by atoms with Gasteiger partial charge in [-0.1, -0.05) is 54.1 Å². The van der Waals surface area contributed by atoms with E-state index in [1.807, 2.05) is 72.9 Å². The lowest BCUT2D eigenvalue weighted by Gasteiger charge is -2.07. The van der Waals surface area contributed by atoms with Crippen LogP contribution in [0.3, 0.4) is 0 Å². The molecule has 3 rings (SSSR count). The Balaban J connectivity index is 1.68. The van der Waals surface area contributed by atoms with Crippen molar-refractivity contribution in [2.45, 2.75) is 13.5 Å². The Bertz CT molecular complexity index is 840. The first kappa shape index (κ1) is 16.3. The van der Waals surface area contributed by atoms with E-state index >= 15 is 0 Å². The monoisotopic (exact) mass is 335 g/mol. The molecule has 2 nitrogen and oxygen atoms in total. The SMILES string of the molecule is Cc1ccccc1N=Cc1cccc(OCc2ccc(Cl)cc2)c1. The van der Waals surface area contributed by atoms with Crippen molar-refractivity contribution in [2.24, 2.45) is 4.99 Å². The first-order chi connectivity index (χ1) is 11.7. The zero-order valence-electron chi connectivity index (χ0n) is 13.4. The standard InChI is InChI=1S/C21H18ClNO/c1-16-5-2-3-8-21(16)23-14-18-6-4-7-20(13-18)24-15-17-9-11-19(22)12-10-17/h2-14H,15H2,1H3. The van der Waals surface area contributed by atoms with E-state index < -0.39 is 0 Å². The number of halogens is 1. The molecule has 0 unspecified atom stereocenters. The van der Waals surface area contributed by atoms with Crippen LogP contribution < -0.4 is 4.74 Å². The maximum Gasteiger partial charge on any atom is 0.120 e. The Hall–Kier alpha value is -2.58. The minimum Gasteiger partial charge on any atom is -0.489 e. The van der Waals surface area contributed by atoms with E-state index in [0.29, 0.717) is 6.61 Å². The maximum atomic E-state index is 5.89. The second kappa shape index (κ2) is 7.80. The molecule has 0 saturated carbocycles. The van der Waals surface area contributed by atoms with Crippen LogP contribution >= 0.6 is 11.6 Å². The van der Waals surface area contributed by atoms with E-state index in [1.165, 1.54) is 0 Å². The van der Waals surface area contributed by atoms with Crippen LogP contribution in [0.25, 0.3) is 0 Å². The van der Waals surface area contributed by atoms with Gasteiger partial charge in [-0.2, -0.15) is 0 Å². The third-order valence-corrected chi connectivity index (χ3v) is 3.90. The number of rotatable bonds is 5. The summed E-state index contributed by atoms with van der Waals surface area (Å²) in [5.41, 5.74) is 4.22. The topological polar surface area (TPSA) is 21.6 Å². The minimum atomic E-state index is 0.509. The van der Waals surface area contributed by atoms with Crippen LogP contribution in [-0.4, -0.2) is 6.21 Å². The molecule has 120 valence electrons. The molecule has 0 bridgehead atoms. The van der Waals surface area contributed by atoms with Gasteiger partial charge in [-0.05, 0) is 53.9 Å². The molecule has 3 heteroatoms. The summed E-state index contributed by atoms with van der Waals surface area (Å²) in [6.45, 7) is 2.56. The molecule has 0 amide bonds. The third kappa shape index (κ3) is 4.46. The summed E-state index contributed by atoms with van der Waals surface area (Å²) in [5, 5.41) is 0.730. The van der Waals surface area contributed by atoms with Crippen molar-refractivity contribution in [3.63, 3.8) is 0 Å². The van der Waals surface area contributed by atoms with E-state index in [4.69, 9.17) is 16.3 Å². The number of aliphatic imine (C=N–C) groups is 1. The molecule has 3 aromatic carbocycles. The van der Waals surface area contributed by atoms with Gasteiger partial charge in [0.25, 0.3) is 0 Å². The largest absolute Gasteiger partial charge is 0.489 e.